The summed E-state index contributed by atoms with van der Waals surface area (Å²) in [6.07, 6.45) is 0.923. The smallest absolute Gasteiger partial charge is 0.317 e. The number of rotatable bonds is 6. The minimum Gasteiger partial charge on any atom is -0.481 e. The quantitative estimate of drug-likeness (QED) is 0.780. The predicted octanol–water partition coefficient (Wildman–Crippen LogP) is 2.56. The van der Waals surface area contributed by atoms with Crippen LogP contribution in [0, 0.1) is 11.3 Å². The fourth-order valence-corrected chi connectivity index (χ4v) is 1.34. The van der Waals surface area contributed by atoms with Crippen LogP contribution in [0.5, 0.6) is 0 Å². The van der Waals surface area contributed by atoms with E-state index in [0.717, 1.165) is 6.42 Å². The molecule has 0 heterocycles. The molecular weight excluding hydrogens is 244 g/mol. The van der Waals surface area contributed by atoms with Gasteiger partial charge < -0.3 is 15.3 Å². The van der Waals surface area contributed by atoms with Crippen LogP contribution in [-0.2, 0) is 4.79 Å². The van der Waals surface area contributed by atoms with Crippen LogP contribution < -0.4 is 5.32 Å². The molecule has 0 rings (SSSR count). The van der Waals surface area contributed by atoms with Gasteiger partial charge in [-0.25, -0.2) is 4.79 Å². The van der Waals surface area contributed by atoms with E-state index >= 15 is 0 Å². The first kappa shape index (κ1) is 17.7. The Balaban J connectivity index is 4.66. The third kappa shape index (κ3) is 4.73. The van der Waals surface area contributed by atoms with E-state index in [1.54, 1.807) is 39.6 Å². The Bertz CT molecular complexity index is 336. The van der Waals surface area contributed by atoms with Crippen LogP contribution in [0.1, 0.15) is 48.0 Å². The van der Waals surface area contributed by atoms with Gasteiger partial charge in [-0.15, -0.1) is 0 Å². The lowest BCUT2D eigenvalue weighted by molar-refractivity contribution is -0.150. The molecular formula is C14H28N2O3. The van der Waals surface area contributed by atoms with Crippen LogP contribution in [0.25, 0.3) is 0 Å². The molecule has 0 aromatic carbocycles. The van der Waals surface area contributed by atoms with Crippen molar-refractivity contribution in [1.82, 2.24) is 10.2 Å². The topological polar surface area (TPSA) is 69.6 Å². The number of carboxylic acids is 1. The number of carbonyl (C=O) groups excluding carboxylic acids is 1. The molecule has 0 fully saturated rings. The van der Waals surface area contributed by atoms with Crippen molar-refractivity contribution in [2.24, 2.45) is 11.3 Å². The average molecular weight is 272 g/mol. The number of nitrogens with one attached hydrogen (secondary N) is 1. The third-order valence-electron chi connectivity index (χ3n) is 3.91. The van der Waals surface area contributed by atoms with E-state index in [2.05, 4.69) is 19.2 Å². The maximum absolute atomic E-state index is 12.1. The fourth-order valence-electron chi connectivity index (χ4n) is 1.34. The summed E-state index contributed by atoms with van der Waals surface area (Å²) in [5.74, 6) is -0.402. The molecule has 0 aromatic rings. The Morgan fingerprint density at radius 2 is 1.68 bits per heavy atom. The van der Waals surface area contributed by atoms with Gasteiger partial charge >= 0.3 is 12.0 Å². The van der Waals surface area contributed by atoms with Gasteiger partial charge in [-0.1, -0.05) is 13.8 Å². The number of amides is 2. The summed E-state index contributed by atoms with van der Waals surface area (Å²) in [7, 11) is 1.72. The molecule has 5 nitrogen and oxygen atoms in total. The Morgan fingerprint density at radius 1 is 1.21 bits per heavy atom. The summed E-state index contributed by atoms with van der Waals surface area (Å²) in [6.45, 7) is 11.6. The summed E-state index contributed by atoms with van der Waals surface area (Å²) < 4.78 is 0. The monoisotopic (exact) mass is 272 g/mol. The van der Waals surface area contributed by atoms with Crippen molar-refractivity contribution >= 4 is 12.0 Å². The van der Waals surface area contributed by atoms with E-state index in [4.69, 9.17) is 0 Å². The molecule has 0 saturated carbocycles. The standard InChI is InChI=1S/C14H28N2O3/c1-10(2)8-9-16(7)12(19)15-14(5,6)13(3,4)11(17)18/h10H,8-9H2,1-7H3,(H,15,19)(H,17,18). The van der Waals surface area contributed by atoms with Crippen molar-refractivity contribution in [2.45, 2.75) is 53.5 Å². The zero-order chi connectivity index (χ0) is 15.4. The van der Waals surface area contributed by atoms with Gasteiger partial charge in [-0.3, -0.25) is 4.79 Å². The first-order chi connectivity index (χ1) is 8.41. The van der Waals surface area contributed by atoms with Crippen LogP contribution in [0.2, 0.25) is 0 Å². The van der Waals surface area contributed by atoms with Gasteiger partial charge in [0.15, 0.2) is 0 Å². The fraction of sp³-hybridized carbons (Fsp3) is 0.857. The van der Waals surface area contributed by atoms with E-state index < -0.39 is 16.9 Å². The lowest BCUT2D eigenvalue weighted by Crippen LogP contribution is -2.59. The zero-order valence-electron chi connectivity index (χ0n) is 13.2. The first-order valence-corrected chi connectivity index (χ1v) is 6.68. The highest BCUT2D eigenvalue weighted by atomic mass is 16.4. The molecule has 0 saturated heterocycles. The molecule has 5 heteroatoms. The van der Waals surface area contributed by atoms with Crippen LogP contribution in [0.4, 0.5) is 4.79 Å². The van der Waals surface area contributed by atoms with Gasteiger partial charge in [-0.05, 0) is 40.0 Å². The van der Waals surface area contributed by atoms with Crippen LogP contribution in [0.15, 0.2) is 0 Å². The Hall–Kier alpha value is -1.26. The molecule has 0 aliphatic rings. The van der Waals surface area contributed by atoms with Gasteiger partial charge in [0.2, 0.25) is 0 Å². The highest BCUT2D eigenvalue weighted by molar-refractivity contribution is 5.79. The molecule has 0 aliphatic carbocycles. The van der Waals surface area contributed by atoms with Gasteiger partial charge in [-0.2, -0.15) is 0 Å². The average Bonchev–Trinajstić information content (AvgIpc) is 2.24. The number of hydrogen-bond donors (Lipinski definition) is 2. The van der Waals surface area contributed by atoms with E-state index in [1.165, 1.54) is 0 Å². The lowest BCUT2D eigenvalue weighted by atomic mass is 9.74. The van der Waals surface area contributed by atoms with Crippen LogP contribution in [-0.4, -0.2) is 41.1 Å². The largest absolute Gasteiger partial charge is 0.481 e. The van der Waals surface area contributed by atoms with Crippen molar-refractivity contribution in [3.8, 4) is 0 Å². The molecule has 2 N–H and O–H groups in total. The van der Waals surface area contributed by atoms with Gasteiger partial charge in [0.1, 0.15) is 0 Å². The zero-order valence-corrected chi connectivity index (χ0v) is 13.2. The van der Waals surface area contributed by atoms with Crippen molar-refractivity contribution in [3.63, 3.8) is 0 Å². The molecule has 0 unspecified atom stereocenters. The Labute approximate surface area is 116 Å². The second-order valence-electron chi connectivity index (χ2n) is 6.59. The van der Waals surface area contributed by atoms with E-state index in [-0.39, 0.29) is 6.03 Å². The number of aliphatic carboxylic acids is 1. The van der Waals surface area contributed by atoms with Crippen molar-refractivity contribution < 1.29 is 14.7 Å². The maximum atomic E-state index is 12.1. The Kier molecular flexibility index (Phi) is 5.84. The molecule has 0 spiro atoms. The van der Waals surface area contributed by atoms with Crippen molar-refractivity contribution in [1.29, 1.82) is 0 Å². The second-order valence-corrected chi connectivity index (χ2v) is 6.59. The molecule has 0 atom stereocenters. The summed E-state index contributed by atoms with van der Waals surface area (Å²) in [5, 5.41) is 12.0. The van der Waals surface area contributed by atoms with E-state index in [1.807, 2.05) is 0 Å². The molecule has 0 aromatic heterocycles. The predicted molar refractivity (Wildman–Crippen MR) is 76.1 cm³/mol. The van der Waals surface area contributed by atoms with E-state index in [9.17, 15) is 14.7 Å². The second kappa shape index (κ2) is 6.26. The van der Waals surface area contributed by atoms with Crippen LogP contribution >= 0.6 is 0 Å². The molecule has 0 radical (unpaired) electrons. The van der Waals surface area contributed by atoms with E-state index in [0.29, 0.717) is 12.5 Å². The first-order valence-electron chi connectivity index (χ1n) is 6.68. The highest BCUT2D eigenvalue weighted by Gasteiger charge is 2.44. The molecule has 0 aliphatic heterocycles. The maximum Gasteiger partial charge on any atom is 0.317 e. The normalized spacial score (nSPS) is 12.4. The number of carboxylic acid groups (broad SMARTS) is 1. The van der Waals surface area contributed by atoms with Crippen LogP contribution in [0.3, 0.4) is 0 Å². The number of urea groups is 1. The SMILES string of the molecule is CC(C)CCN(C)C(=O)NC(C)(C)C(C)(C)C(=O)O. The number of carbonyl (C=O) groups is 2. The number of hydrogen-bond acceptors (Lipinski definition) is 2. The van der Waals surface area contributed by atoms with Gasteiger partial charge in [0, 0.05) is 13.6 Å². The molecule has 2 amide bonds. The third-order valence-corrected chi connectivity index (χ3v) is 3.91. The summed E-state index contributed by atoms with van der Waals surface area (Å²) >= 11 is 0. The molecule has 19 heavy (non-hydrogen) atoms. The summed E-state index contributed by atoms with van der Waals surface area (Å²) in [4.78, 5) is 24.9. The molecule has 0 bridgehead atoms. The molecule has 112 valence electrons. The minimum atomic E-state index is -1.04. The van der Waals surface area contributed by atoms with Gasteiger partial charge in [0.05, 0.1) is 11.0 Å². The summed E-state index contributed by atoms with van der Waals surface area (Å²) in [6, 6.07) is -0.236. The van der Waals surface area contributed by atoms with Crippen molar-refractivity contribution in [2.75, 3.05) is 13.6 Å². The number of nitrogens with zero attached hydrogens (tertiary/aromatic N) is 1. The van der Waals surface area contributed by atoms with Gasteiger partial charge in [0.25, 0.3) is 0 Å². The summed E-state index contributed by atoms with van der Waals surface area (Å²) in [5.41, 5.74) is -1.87. The lowest BCUT2D eigenvalue weighted by Gasteiger charge is -2.39. The van der Waals surface area contributed by atoms with Crippen molar-refractivity contribution in [3.05, 3.63) is 0 Å². The Morgan fingerprint density at radius 3 is 2.05 bits per heavy atom. The highest BCUT2D eigenvalue weighted by Crippen LogP contribution is 2.30. The minimum absolute atomic E-state index is 0.236.